The van der Waals surface area contributed by atoms with Crippen LogP contribution in [-0.2, 0) is 11.3 Å². The number of rotatable bonds is 6. The maximum Gasteiger partial charge on any atom is 0.244 e. The van der Waals surface area contributed by atoms with E-state index in [9.17, 15) is 4.39 Å². The number of nitrogens with one attached hydrogen (secondary N) is 2. The van der Waals surface area contributed by atoms with E-state index in [4.69, 9.17) is 4.74 Å². The third-order valence-electron chi connectivity index (χ3n) is 3.46. The molecule has 1 aliphatic heterocycles. The topological polar surface area (TPSA) is 72.0 Å². The number of ether oxygens (including phenoxy) is 1. The van der Waals surface area contributed by atoms with Crippen LogP contribution in [0.15, 0.2) is 30.5 Å². The number of hydrogen-bond donors (Lipinski definition) is 2. The van der Waals surface area contributed by atoms with Gasteiger partial charge in [0.15, 0.2) is 5.82 Å². The molecule has 2 aromatic rings. The molecule has 3 rings (SSSR count). The Morgan fingerprint density at radius 2 is 2.09 bits per heavy atom. The van der Waals surface area contributed by atoms with E-state index in [1.165, 1.54) is 12.1 Å². The normalized spacial score (nSPS) is 17.4. The molecule has 1 fully saturated rings. The number of halogens is 1. The molecule has 2 N–H and O–H groups in total. The highest BCUT2D eigenvalue weighted by molar-refractivity contribution is 5.38. The Bertz CT molecular complexity index is 601. The molecule has 0 saturated carbocycles. The summed E-state index contributed by atoms with van der Waals surface area (Å²) < 4.78 is 18.4. The van der Waals surface area contributed by atoms with E-state index >= 15 is 0 Å². The molecule has 2 heterocycles. The van der Waals surface area contributed by atoms with Crippen molar-refractivity contribution in [3.8, 4) is 0 Å². The van der Waals surface area contributed by atoms with Crippen LogP contribution in [0, 0.1) is 5.82 Å². The third kappa shape index (κ3) is 4.11. The lowest BCUT2D eigenvalue weighted by molar-refractivity contribution is 0.120. The van der Waals surface area contributed by atoms with Crippen LogP contribution in [0.4, 0.5) is 16.2 Å². The van der Waals surface area contributed by atoms with Gasteiger partial charge in [0.05, 0.1) is 12.3 Å². The van der Waals surface area contributed by atoms with Crippen molar-refractivity contribution in [2.45, 2.75) is 25.5 Å². The lowest BCUT2D eigenvalue weighted by Crippen LogP contribution is -2.20. The van der Waals surface area contributed by atoms with Crippen LogP contribution in [0.2, 0.25) is 0 Å². The summed E-state index contributed by atoms with van der Waals surface area (Å²) in [4.78, 5) is 4.34. The molecule has 1 unspecified atom stereocenters. The van der Waals surface area contributed by atoms with E-state index in [1.807, 2.05) is 0 Å². The summed E-state index contributed by atoms with van der Waals surface area (Å²) in [6.45, 7) is 2.05. The minimum atomic E-state index is -0.243. The van der Waals surface area contributed by atoms with Crippen molar-refractivity contribution in [2.24, 2.45) is 0 Å². The molecule has 0 spiro atoms. The van der Waals surface area contributed by atoms with E-state index in [0.29, 0.717) is 24.9 Å². The fourth-order valence-corrected chi connectivity index (χ4v) is 2.27. The van der Waals surface area contributed by atoms with E-state index in [-0.39, 0.29) is 11.9 Å². The molecular weight excluding hydrogens is 285 g/mol. The maximum atomic E-state index is 12.8. The van der Waals surface area contributed by atoms with Crippen molar-refractivity contribution in [1.29, 1.82) is 0 Å². The lowest BCUT2D eigenvalue weighted by Gasteiger charge is -2.11. The molecule has 22 heavy (non-hydrogen) atoms. The molecule has 0 amide bonds. The molecule has 1 aliphatic rings. The Morgan fingerprint density at radius 3 is 2.86 bits per heavy atom. The van der Waals surface area contributed by atoms with Gasteiger partial charge in [0.1, 0.15) is 5.82 Å². The zero-order chi connectivity index (χ0) is 15.2. The van der Waals surface area contributed by atoms with Gasteiger partial charge in [-0.15, -0.1) is 5.10 Å². The van der Waals surface area contributed by atoms with Crippen LogP contribution in [0.1, 0.15) is 18.4 Å². The predicted octanol–water partition coefficient (Wildman–Crippen LogP) is 2.21. The Kier molecular flexibility index (Phi) is 4.75. The molecule has 1 atom stereocenters. The molecule has 1 aromatic heterocycles. The largest absolute Gasteiger partial charge is 0.376 e. The Morgan fingerprint density at radius 1 is 1.23 bits per heavy atom. The molecule has 0 radical (unpaired) electrons. The summed E-state index contributed by atoms with van der Waals surface area (Å²) in [5.41, 5.74) is 0.967. The average Bonchev–Trinajstić information content (AvgIpc) is 3.06. The summed E-state index contributed by atoms with van der Waals surface area (Å²) in [7, 11) is 0. The zero-order valence-electron chi connectivity index (χ0n) is 12.1. The van der Waals surface area contributed by atoms with Gasteiger partial charge in [0.2, 0.25) is 5.95 Å². The Hall–Kier alpha value is -2.28. The first kappa shape index (κ1) is 14.6. The number of aromatic nitrogens is 3. The SMILES string of the molecule is Fc1ccc(CNc2cnnc(NCC3CCCO3)n2)cc1. The first-order valence-electron chi connectivity index (χ1n) is 7.33. The lowest BCUT2D eigenvalue weighted by atomic mass is 10.2. The number of hydrogen-bond acceptors (Lipinski definition) is 6. The van der Waals surface area contributed by atoms with Crippen LogP contribution in [-0.4, -0.2) is 34.4 Å². The first-order chi connectivity index (χ1) is 10.8. The smallest absolute Gasteiger partial charge is 0.244 e. The van der Waals surface area contributed by atoms with E-state index in [0.717, 1.165) is 25.0 Å². The van der Waals surface area contributed by atoms with Crippen LogP contribution in [0.25, 0.3) is 0 Å². The predicted molar refractivity (Wildman–Crippen MR) is 81.0 cm³/mol. The first-order valence-corrected chi connectivity index (χ1v) is 7.33. The standard InChI is InChI=1S/C15H18FN5O/c16-12-5-3-11(4-6-12)8-17-14-10-19-21-15(20-14)18-9-13-2-1-7-22-13/h3-6,10,13H,1-2,7-9H2,(H2,17,18,20,21). The monoisotopic (exact) mass is 303 g/mol. The van der Waals surface area contributed by atoms with Gasteiger partial charge in [-0.1, -0.05) is 12.1 Å². The summed E-state index contributed by atoms with van der Waals surface area (Å²) >= 11 is 0. The van der Waals surface area contributed by atoms with Crippen molar-refractivity contribution in [3.63, 3.8) is 0 Å². The minimum absolute atomic E-state index is 0.222. The van der Waals surface area contributed by atoms with Crippen LogP contribution < -0.4 is 10.6 Å². The van der Waals surface area contributed by atoms with Crippen LogP contribution in [0.5, 0.6) is 0 Å². The minimum Gasteiger partial charge on any atom is -0.376 e. The maximum absolute atomic E-state index is 12.8. The summed E-state index contributed by atoms with van der Waals surface area (Å²) in [5.74, 6) is 0.849. The zero-order valence-corrected chi connectivity index (χ0v) is 12.1. The van der Waals surface area contributed by atoms with Gasteiger partial charge in [-0.3, -0.25) is 0 Å². The number of benzene rings is 1. The average molecular weight is 303 g/mol. The fraction of sp³-hybridized carbons (Fsp3) is 0.400. The Balaban J connectivity index is 1.52. The molecule has 1 saturated heterocycles. The second-order valence-electron chi connectivity index (χ2n) is 5.16. The quantitative estimate of drug-likeness (QED) is 0.852. The van der Waals surface area contributed by atoms with Crippen molar-refractivity contribution in [1.82, 2.24) is 15.2 Å². The molecular formula is C15H18FN5O. The molecule has 6 nitrogen and oxygen atoms in total. The summed E-state index contributed by atoms with van der Waals surface area (Å²) in [5, 5.41) is 14.1. The highest BCUT2D eigenvalue weighted by atomic mass is 19.1. The number of nitrogens with zero attached hydrogens (tertiary/aromatic N) is 3. The summed E-state index contributed by atoms with van der Waals surface area (Å²) in [6, 6.07) is 6.33. The van der Waals surface area contributed by atoms with E-state index < -0.39 is 0 Å². The van der Waals surface area contributed by atoms with E-state index in [1.54, 1.807) is 18.3 Å². The second kappa shape index (κ2) is 7.13. The number of anilines is 2. The second-order valence-corrected chi connectivity index (χ2v) is 5.16. The van der Waals surface area contributed by atoms with Gasteiger partial charge in [0.25, 0.3) is 0 Å². The molecule has 1 aromatic carbocycles. The van der Waals surface area contributed by atoms with Gasteiger partial charge in [-0.05, 0) is 30.5 Å². The van der Waals surface area contributed by atoms with Gasteiger partial charge in [0, 0.05) is 19.7 Å². The highest BCUT2D eigenvalue weighted by Gasteiger charge is 2.15. The molecule has 0 bridgehead atoms. The van der Waals surface area contributed by atoms with Gasteiger partial charge in [-0.2, -0.15) is 10.1 Å². The van der Waals surface area contributed by atoms with Gasteiger partial charge in [-0.25, -0.2) is 4.39 Å². The molecule has 116 valence electrons. The fourth-order valence-electron chi connectivity index (χ4n) is 2.27. The molecule has 7 heteroatoms. The molecule has 0 aliphatic carbocycles. The Labute approximate surface area is 128 Å². The highest BCUT2D eigenvalue weighted by Crippen LogP contribution is 2.13. The van der Waals surface area contributed by atoms with Crippen LogP contribution >= 0.6 is 0 Å². The van der Waals surface area contributed by atoms with Crippen molar-refractivity contribution in [2.75, 3.05) is 23.8 Å². The van der Waals surface area contributed by atoms with Crippen molar-refractivity contribution >= 4 is 11.8 Å². The summed E-state index contributed by atoms with van der Waals surface area (Å²) in [6.07, 6.45) is 3.94. The van der Waals surface area contributed by atoms with E-state index in [2.05, 4.69) is 25.8 Å². The van der Waals surface area contributed by atoms with Gasteiger partial charge < -0.3 is 15.4 Å². The van der Waals surface area contributed by atoms with Crippen molar-refractivity contribution in [3.05, 3.63) is 41.8 Å². The van der Waals surface area contributed by atoms with Crippen LogP contribution in [0.3, 0.4) is 0 Å². The van der Waals surface area contributed by atoms with Crippen molar-refractivity contribution < 1.29 is 9.13 Å². The third-order valence-corrected chi connectivity index (χ3v) is 3.46. The van der Waals surface area contributed by atoms with Gasteiger partial charge >= 0.3 is 0 Å².